The zero-order chi connectivity index (χ0) is 25.5. The van der Waals surface area contributed by atoms with Crippen LogP contribution in [0.5, 0.6) is 11.5 Å². The van der Waals surface area contributed by atoms with Gasteiger partial charge in [-0.3, -0.25) is 20.8 Å². The molecule has 1 aromatic heterocycles. The summed E-state index contributed by atoms with van der Waals surface area (Å²) in [7, 11) is -0.853. The van der Waals surface area contributed by atoms with E-state index in [1.54, 1.807) is 38.4 Å². The van der Waals surface area contributed by atoms with Crippen molar-refractivity contribution in [2.75, 3.05) is 20.4 Å². The molecule has 2 aromatic carbocycles. The molecule has 2 atom stereocenters. The van der Waals surface area contributed by atoms with Crippen molar-refractivity contribution < 1.29 is 26.5 Å². The maximum Gasteiger partial charge on any atom is 0.306 e. The molecule has 3 aromatic rings. The maximum absolute atomic E-state index is 15.1. The zero-order valence-electron chi connectivity index (χ0n) is 20.0. The molecule has 2 unspecified atom stereocenters. The van der Waals surface area contributed by atoms with Gasteiger partial charge in [-0.05, 0) is 60.0 Å². The molecule has 1 fully saturated rings. The van der Waals surface area contributed by atoms with E-state index in [1.807, 2.05) is 0 Å². The highest BCUT2D eigenvalue weighted by Crippen LogP contribution is 2.39. The summed E-state index contributed by atoms with van der Waals surface area (Å²) in [6.07, 6.45) is 1.72. The molecule has 1 saturated heterocycles. The smallest absolute Gasteiger partial charge is 0.306 e. The summed E-state index contributed by atoms with van der Waals surface area (Å²) in [5.41, 5.74) is 6.92. The topological polar surface area (TPSA) is 124 Å². The number of rotatable bonds is 6. The molecule has 9 nitrogen and oxygen atoms in total. The number of nitrogens with two attached hydrogens (primary N) is 1. The van der Waals surface area contributed by atoms with Gasteiger partial charge in [-0.2, -0.15) is 8.42 Å². The molecule has 0 saturated carbocycles. The number of hydrogen-bond acceptors (Lipinski definition) is 8. The molecule has 192 valence electrons. The molecule has 4 rings (SSSR count). The number of carbonyl (C=O) groups is 1. The van der Waals surface area contributed by atoms with E-state index in [1.165, 1.54) is 42.3 Å². The predicted molar refractivity (Wildman–Crippen MR) is 135 cm³/mol. The lowest BCUT2D eigenvalue weighted by Gasteiger charge is -2.29. The van der Waals surface area contributed by atoms with Crippen LogP contribution < -0.4 is 20.0 Å². The monoisotopic (exact) mass is 536 g/mol. The van der Waals surface area contributed by atoms with E-state index in [9.17, 15) is 13.2 Å². The number of likely N-dealkylation sites (N-methyl/N-ethyl adjacent to an activating group) is 1. The van der Waals surface area contributed by atoms with Crippen LogP contribution in [0.3, 0.4) is 0 Å². The number of hydrogen-bond donors (Lipinski definition) is 2. The predicted octanol–water partition coefficient (Wildman–Crippen LogP) is 2.51. The Morgan fingerprint density at radius 2 is 1.78 bits per heavy atom. The van der Waals surface area contributed by atoms with Crippen LogP contribution in [0.2, 0.25) is 0 Å². The Hall–Kier alpha value is -3.25. The van der Waals surface area contributed by atoms with Gasteiger partial charge in [-0.15, -0.1) is 12.4 Å². The van der Waals surface area contributed by atoms with Crippen LogP contribution in [0.15, 0.2) is 54.7 Å². The minimum Gasteiger partial charge on any atom is -0.497 e. The minimum absolute atomic E-state index is 0. The van der Waals surface area contributed by atoms with Gasteiger partial charge < -0.3 is 13.8 Å². The molecule has 2 heterocycles. The Bertz CT molecular complexity index is 1420. The third-order valence-electron chi connectivity index (χ3n) is 5.83. The summed E-state index contributed by atoms with van der Waals surface area (Å²) in [5.74, 6) is -0.679. The normalized spacial score (nSPS) is 19.7. The van der Waals surface area contributed by atoms with E-state index >= 15 is 4.39 Å². The summed E-state index contributed by atoms with van der Waals surface area (Å²) in [5, 5.41) is 3.17. The summed E-state index contributed by atoms with van der Waals surface area (Å²) in [6.45, 7) is 1.80. The second-order valence-corrected chi connectivity index (χ2v) is 9.90. The van der Waals surface area contributed by atoms with Gasteiger partial charge in [0.25, 0.3) is 5.91 Å². The Balaban J connectivity index is 0.00000361. The van der Waals surface area contributed by atoms with Crippen LogP contribution in [0.1, 0.15) is 16.8 Å². The number of aromatic nitrogens is 1. The highest BCUT2D eigenvalue weighted by molar-refractivity contribution is 7.86. The van der Waals surface area contributed by atoms with E-state index in [2.05, 4.69) is 10.3 Å². The zero-order valence-corrected chi connectivity index (χ0v) is 21.6. The van der Waals surface area contributed by atoms with Gasteiger partial charge >= 0.3 is 10.1 Å². The Morgan fingerprint density at radius 1 is 1.11 bits per heavy atom. The SMILES string of the molecule is COc1cc(OS(C)(=O)=O)cc(-c2cc(C3(c4ccnc(C)c4)NC(N)N(C)C3=O)ccc2F)c1.Cl. The second kappa shape index (κ2) is 10.0. The van der Waals surface area contributed by atoms with Gasteiger partial charge in [0.1, 0.15) is 23.6 Å². The maximum atomic E-state index is 15.1. The molecule has 0 spiro atoms. The molecule has 36 heavy (non-hydrogen) atoms. The molecule has 3 N–H and O–H groups in total. The number of aryl methyl sites for hydroxylation is 1. The van der Waals surface area contributed by atoms with E-state index in [4.69, 9.17) is 14.7 Å². The highest BCUT2D eigenvalue weighted by Gasteiger charge is 2.51. The summed E-state index contributed by atoms with van der Waals surface area (Å²) in [4.78, 5) is 19.1. The standard InChI is InChI=1S/C24H25FN4O5S.ClH/c1-14-9-17(7-8-27-14)24(22(30)29(2)23(26)28-24)16-5-6-21(25)20(12-16)15-10-18(33-3)13-19(11-15)34-35(4,31)32;/h5-13,23,28H,26H2,1-4H3;1H. The van der Waals surface area contributed by atoms with Gasteiger partial charge in [0.15, 0.2) is 5.54 Å². The van der Waals surface area contributed by atoms with Gasteiger partial charge in [0.05, 0.1) is 13.4 Å². The number of nitrogens with one attached hydrogen (secondary N) is 1. The average Bonchev–Trinajstić information content (AvgIpc) is 3.02. The van der Waals surface area contributed by atoms with Crippen molar-refractivity contribution in [1.29, 1.82) is 0 Å². The lowest BCUT2D eigenvalue weighted by Crippen LogP contribution is -2.48. The first-order chi connectivity index (χ1) is 16.4. The fourth-order valence-corrected chi connectivity index (χ4v) is 4.62. The van der Waals surface area contributed by atoms with E-state index in [0.29, 0.717) is 22.4 Å². The molecule has 0 radical (unpaired) electrons. The van der Waals surface area contributed by atoms with Crippen LogP contribution in [0, 0.1) is 12.7 Å². The lowest BCUT2D eigenvalue weighted by atomic mass is 9.81. The fraction of sp³-hybridized carbons (Fsp3) is 0.250. The Morgan fingerprint density at radius 3 is 2.36 bits per heavy atom. The number of ether oxygens (including phenoxy) is 1. The van der Waals surface area contributed by atoms with Gasteiger partial charge in [0.2, 0.25) is 0 Å². The largest absolute Gasteiger partial charge is 0.497 e. The van der Waals surface area contributed by atoms with Crippen LogP contribution in [0.25, 0.3) is 11.1 Å². The van der Waals surface area contributed by atoms with E-state index in [0.717, 1.165) is 6.26 Å². The summed E-state index contributed by atoms with van der Waals surface area (Å²) < 4.78 is 48.7. The number of amides is 1. The number of pyridine rings is 1. The number of carbonyl (C=O) groups excluding carboxylic acids is 1. The quantitative estimate of drug-likeness (QED) is 0.461. The molecule has 1 amide bonds. The van der Waals surface area contributed by atoms with Crippen LogP contribution in [-0.2, 0) is 20.5 Å². The van der Waals surface area contributed by atoms with Crippen molar-refractivity contribution in [3.05, 3.63) is 77.4 Å². The van der Waals surface area contributed by atoms with Crippen LogP contribution in [-0.4, -0.2) is 50.9 Å². The van der Waals surface area contributed by atoms with Gasteiger partial charge in [-0.25, -0.2) is 4.39 Å². The average molecular weight is 537 g/mol. The fourth-order valence-electron chi connectivity index (χ4n) is 4.18. The van der Waals surface area contributed by atoms with Gasteiger partial charge in [0, 0.05) is 30.6 Å². The summed E-state index contributed by atoms with van der Waals surface area (Å²) in [6, 6.07) is 12.1. The first kappa shape index (κ1) is 27.3. The number of nitrogens with zero attached hydrogens (tertiary/aromatic N) is 2. The van der Waals surface area contributed by atoms with Crippen LogP contribution >= 0.6 is 12.4 Å². The highest BCUT2D eigenvalue weighted by atomic mass is 35.5. The Labute approximate surface area is 215 Å². The molecular weight excluding hydrogens is 511 g/mol. The first-order valence-electron chi connectivity index (χ1n) is 10.6. The lowest BCUT2D eigenvalue weighted by molar-refractivity contribution is -0.131. The molecule has 1 aliphatic heterocycles. The van der Waals surface area contributed by atoms with Crippen molar-refractivity contribution in [3.63, 3.8) is 0 Å². The summed E-state index contributed by atoms with van der Waals surface area (Å²) >= 11 is 0. The van der Waals surface area contributed by atoms with Gasteiger partial charge in [-0.1, -0.05) is 6.07 Å². The van der Waals surface area contributed by atoms with Crippen molar-refractivity contribution in [3.8, 4) is 22.6 Å². The molecular formula is C24H26ClFN4O5S. The van der Waals surface area contributed by atoms with Crippen LogP contribution in [0.4, 0.5) is 4.39 Å². The van der Waals surface area contributed by atoms with E-state index in [-0.39, 0.29) is 35.4 Å². The van der Waals surface area contributed by atoms with Crippen molar-refractivity contribution in [2.45, 2.75) is 18.8 Å². The first-order valence-corrected chi connectivity index (χ1v) is 12.4. The molecule has 0 bridgehead atoms. The number of halogens is 2. The molecule has 12 heteroatoms. The second-order valence-electron chi connectivity index (χ2n) is 8.32. The van der Waals surface area contributed by atoms with Crippen molar-refractivity contribution >= 4 is 28.4 Å². The molecule has 1 aliphatic rings. The van der Waals surface area contributed by atoms with E-state index < -0.39 is 27.8 Å². The van der Waals surface area contributed by atoms with Crippen molar-refractivity contribution in [1.82, 2.24) is 15.2 Å². The van der Waals surface area contributed by atoms with Crippen molar-refractivity contribution in [2.24, 2.45) is 5.73 Å². The minimum atomic E-state index is -3.83. The number of benzene rings is 2. The Kier molecular flexibility index (Phi) is 7.61. The third-order valence-corrected chi connectivity index (χ3v) is 6.32. The third kappa shape index (κ3) is 5.00. The molecule has 0 aliphatic carbocycles. The number of methoxy groups -OCH3 is 1.